The number of benzene rings is 2. The Kier molecular flexibility index (Phi) is 4.98. The molecule has 0 saturated carbocycles. The molecule has 0 radical (unpaired) electrons. The second-order valence-electron chi connectivity index (χ2n) is 7.23. The van der Waals surface area contributed by atoms with Gasteiger partial charge in [-0.1, -0.05) is 0 Å². The Bertz CT molecular complexity index is 697. The first kappa shape index (κ1) is 16.8. The molecule has 0 aromatic heterocycles. The van der Waals surface area contributed by atoms with E-state index in [4.69, 9.17) is 0 Å². The van der Waals surface area contributed by atoms with Gasteiger partial charge in [0.2, 0.25) is 0 Å². The topological polar surface area (TPSA) is 0 Å². The zero-order valence-electron chi connectivity index (χ0n) is 14.5. The summed E-state index contributed by atoms with van der Waals surface area (Å²) in [5.41, 5.74) is 1.81. The van der Waals surface area contributed by atoms with Gasteiger partial charge < -0.3 is 0 Å². The van der Waals surface area contributed by atoms with Gasteiger partial charge in [-0.3, -0.25) is 0 Å². The molecule has 0 aliphatic heterocycles. The average molecular weight is 312 g/mol. The first-order valence-electron chi connectivity index (χ1n) is 8.28. The van der Waals surface area contributed by atoms with Crippen LogP contribution in [0.4, 0.5) is 0 Å². The normalized spacial score (nSPS) is 15.3. The van der Waals surface area contributed by atoms with Crippen molar-refractivity contribution in [3.63, 3.8) is 0 Å². The third-order valence-electron chi connectivity index (χ3n) is 4.47. The molecule has 23 heavy (non-hydrogen) atoms. The van der Waals surface area contributed by atoms with Crippen molar-refractivity contribution in [1.29, 1.82) is 0 Å². The SMILES string of the molecule is [Li][C]1=C(P(c2ccccc2)c2ccccc2)CC(C(C)(C)C)=C1. The fraction of sp³-hybridized carbons (Fsp3) is 0.238. The van der Waals surface area contributed by atoms with E-state index in [1.165, 1.54) is 14.9 Å². The molecule has 0 unspecified atom stereocenters. The zero-order valence-corrected chi connectivity index (χ0v) is 15.4. The standard InChI is InChI=1S/C21H22P.Li/c1-21(2,3)17-14-15-20(16-17)22(18-10-6-4-7-11-18)19-12-8-5-9-13-19;/h4-14H,16H2,1-3H3;. The van der Waals surface area contributed by atoms with E-state index in [9.17, 15) is 0 Å². The summed E-state index contributed by atoms with van der Waals surface area (Å²) in [5, 5.41) is 4.51. The Morgan fingerprint density at radius 3 is 1.70 bits per heavy atom. The fourth-order valence-electron chi connectivity index (χ4n) is 3.07. The van der Waals surface area contributed by atoms with Crippen LogP contribution in [-0.4, -0.2) is 17.7 Å². The summed E-state index contributed by atoms with van der Waals surface area (Å²) in [7, 11) is -0.438. The van der Waals surface area contributed by atoms with Gasteiger partial charge in [-0.25, -0.2) is 0 Å². The molecule has 1 aliphatic carbocycles. The van der Waals surface area contributed by atoms with Crippen LogP contribution >= 0.6 is 7.92 Å². The molecule has 0 nitrogen and oxygen atoms in total. The second kappa shape index (κ2) is 6.82. The van der Waals surface area contributed by atoms with Crippen LogP contribution in [0.25, 0.3) is 0 Å². The molecule has 0 saturated heterocycles. The van der Waals surface area contributed by atoms with Crippen molar-refractivity contribution in [3.05, 3.63) is 81.9 Å². The fourth-order valence-corrected chi connectivity index (χ4v) is 5.68. The first-order chi connectivity index (χ1) is 11.0. The van der Waals surface area contributed by atoms with Crippen molar-refractivity contribution in [2.24, 2.45) is 5.41 Å². The molecule has 1 aliphatic rings. The number of rotatable bonds is 3. The molecular formula is C21H22LiP. The van der Waals surface area contributed by atoms with E-state index in [1.807, 2.05) is 0 Å². The molecule has 0 bridgehead atoms. The molecular weight excluding hydrogens is 290 g/mol. The summed E-state index contributed by atoms with van der Waals surface area (Å²) < 4.78 is 1.47. The van der Waals surface area contributed by atoms with Crippen molar-refractivity contribution < 1.29 is 0 Å². The summed E-state index contributed by atoms with van der Waals surface area (Å²) in [5.74, 6) is 0. The molecule has 2 heteroatoms. The van der Waals surface area contributed by atoms with Gasteiger partial charge in [0.25, 0.3) is 0 Å². The first-order valence-corrected chi connectivity index (χ1v) is 9.62. The van der Waals surface area contributed by atoms with Gasteiger partial charge in [-0.05, 0) is 0 Å². The Hall–Kier alpha value is -1.05. The quantitative estimate of drug-likeness (QED) is 0.560. The van der Waals surface area contributed by atoms with E-state index < -0.39 is 7.92 Å². The van der Waals surface area contributed by atoms with E-state index in [2.05, 4.69) is 105 Å². The van der Waals surface area contributed by atoms with Crippen LogP contribution in [0.15, 0.2) is 81.9 Å². The molecule has 0 N–H and O–H groups in total. The molecule has 0 spiro atoms. The predicted octanol–water partition coefficient (Wildman–Crippen LogP) is 4.88. The number of hydrogen-bond acceptors (Lipinski definition) is 0. The summed E-state index contributed by atoms with van der Waals surface area (Å²) in [6.45, 7) is 6.97. The molecule has 0 fully saturated rings. The van der Waals surface area contributed by atoms with Gasteiger partial charge in [-0.15, -0.1) is 0 Å². The van der Waals surface area contributed by atoms with Crippen molar-refractivity contribution in [2.45, 2.75) is 27.2 Å². The summed E-state index contributed by atoms with van der Waals surface area (Å²) in [6, 6.07) is 22.0. The van der Waals surface area contributed by atoms with Crippen molar-refractivity contribution in [2.75, 3.05) is 0 Å². The van der Waals surface area contributed by atoms with Crippen LogP contribution in [0.1, 0.15) is 27.2 Å². The summed E-state index contributed by atoms with van der Waals surface area (Å²) >= 11 is 2.29. The third-order valence-corrected chi connectivity index (χ3v) is 7.15. The van der Waals surface area contributed by atoms with Gasteiger partial charge in [0.05, 0.1) is 0 Å². The van der Waals surface area contributed by atoms with Crippen LogP contribution in [0, 0.1) is 5.41 Å². The van der Waals surface area contributed by atoms with Gasteiger partial charge in [0.1, 0.15) is 0 Å². The van der Waals surface area contributed by atoms with Crippen LogP contribution in [0.2, 0.25) is 0 Å². The molecule has 2 aromatic carbocycles. The molecule has 0 heterocycles. The number of allylic oxidation sites excluding steroid dienone is 4. The summed E-state index contributed by atoms with van der Waals surface area (Å²) in [4.78, 5) is 0. The average Bonchev–Trinajstić information content (AvgIpc) is 2.92. The second-order valence-corrected chi connectivity index (χ2v) is 9.48. The van der Waals surface area contributed by atoms with Crippen LogP contribution in [-0.2, 0) is 0 Å². The number of hydrogen-bond donors (Lipinski definition) is 0. The maximum atomic E-state index is 2.43. The van der Waals surface area contributed by atoms with Crippen molar-refractivity contribution in [3.8, 4) is 0 Å². The van der Waals surface area contributed by atoms with Gasteiger partial charge in [-0.2, -0.15) is 0 Å². The van der Waals surface area contributed by atoms with Gasteiger partial charge in [0.15, 0.2) is 0 Å². The van der Waals surface area contributed by atoms with Crippen LogP contribution in [0.5, 0.6) is 0 Å². The molecule has 2 aromatic rings. The van der Waals surface area contributed by atoms with Gasteiger partial charge >= 0.3 is 151 Å². The van der Waals surface area contributed by atoms with E-state index in [0.717, 1.165) is 6.42 Å². The van der Waals surface area contributed by atoms with Gasteiger partial charge in [0, 0.05) is 0 Å². The Morgan fingerprint density at radius 2 is 1.30 bits per heavy atom. The summed E-state index contributed by atoms with van der Waals surface area (Å²) in [6.07, 6.45) is 3.54. The van der Waals surface area contributed by atoms with E-state index in [1.54, 1.807) is 10.9 Å². The monoisotopic (exact) mass is 312 g/mol. The minimum atomic E-state index is -0.438. The van der Waals surface area contributed by atoms with Crippen molar-refractivity contribution in [1.82, 2.24) is 0 Å². The third kappa shape index (κ3) is 3.72. The minimum absolute atomic E-state index is 0.247. The van der Waals surface area contributed by atoms with E-state index in [-0.39, 0.29) is 5.41 Å². The van der Waals surface area contributed by atoms with Crippen LogP contribution in [0.3, 0.4) is 0 Å². The Morgan fingerprint density at radius 1 is 0.826 bits per heavy atom. The Balaban J connectivity index is 2.04. The molecule has 112 valence electrons. The van der Waals surface area contributed by atoms with Crippen LogP contribution < -0.4 is 10.6 Å². The predicted molar refractivity (Wildman–Crippen MR) is 104 cm³/mol. The Labute approximate surface area is 150 Å². The molecule has 0 amide bonds. The maximum absolute atomic E-state index is 2.43. The van der Waals surface area contributed by atoms with E-state index >= 15 is 0 Å². The van der Waals surface area contributed by atoms with E-state index in [0.29, 0.717) is 0 Å². The molecule has 0 atom stereocenters. The molecule has 3 rings (SSSR count). The zero-order chi connectivity index (χ0) is 16.4. The van der Waals surface area contributed by atoms with Crippen molar-refractivity contribution >= 4 is 36.2 Å².